The molecule has 2 rings (SSSR count). The van der Waals surface area contributed by atoms with Crippen LogP contribution in [0.15, 0.2) is 54.6 Å². The molecule has 0 aliphatic carbocycles. The SMILES string of the molecule is c1ccc([SeH]c2cc[cH-]c2)cc1. The van der Waals surface area contributed by atoms with Crippen molar-refractivity contribution < 1.29 is 0 Å². The topological polar surface area (TPSA) is 0 Å². The van der Waals surface area contributed by atoms with Crippen LogP contribution in [0, 0.1) is 0 Å². The Morgan fingerprint density at radius 1 is 0.917 bits per heavy atom. The molecule has 2 aromatic rings. The van der Waals surface area contributed by atoms with Gasteiger partial charge in [-0.05, 0) is 0 Å². The van der Waals surface area contributed by atoms with Crippen molar-refractivity contribution >= 4 is 23.9 Å². The molecule has 0 aliphatic rings. The van der Waals surface area contributed by atoms with E-state index in [1.165, 1.54) is 8.92 Å². The van der Waals surface area contributed by atoms with Gasteiger partial charge in [0.1, 0.15) is 0 Å². The second-order valence-corrected chi connectivity index (χ2v) is 5.23. The van der Waals surface area contributed by atoms with E-state index in [0.29, 0.717) is 0 Å². The van der Waals surface area contributed by atoms with Crippen LogP contribution in [0.2, 0.25) is 0 Å². The van der Waals surface area contributed by atoms with Crippen LogP contribution in [-0.2, 0) is 0 Å². The van der Waals surface area contributed by atoms with Gasteiger partial charge in [-0.3, -0.25) is 0 Å². The molecule has 0 spiro atoms. The van der Waals surface area contributed by atoms with E-state index in [4.69, 9.17) is 0 Å². The summed E-state index contributed by atoms with van der Waals surface area (Å²) < 4.78 is 2.96. The third-order valence-electron chi connectivity index (χ3n) is 1.66. The van der Waals surface area contributed by atoms with E-state index in [9.17, 15) is 0 Å². The van der Waals surface area contributed by atoms with Crippen molar-refractivity contribution in [1.29, 1.82) is 0 Å². The summed E-state index contributed by atoms with van der Waals surface area (Å²) >= 11 is 0.212. The zero-order valence-electron chi connectivity index (χ0n) is 6.64. The van der Waals surface area contributed by atoms with Crippen LogP contribution in [0.5, 0.6) is 0 Å². The second-order valence-electron chi connectivity index (χ2n) is 2.59. The van der Waals surface area contributed by atoms with Gasteiger partial charge < -0.3 is 0 Å². The molecule has 0 fully saturated rings. The number of hydrogen-bond acceptors (Lipinski definition) is 0. The predicted molar refractivity (Wildman–Crippen MR) is 54.9 cm³/mol. The van der Waals surface area contributed by atoms with Crippen LogP contribution in [0.3, 0.4) is 0 Å². The molecule has 0 nitrogen and oxygen atoms in total. The van der Waals surface area contributed by atoms with E-state index in [-0.39, 0.29) is 15.0 Å². The van der Waals surface area contributed by atoms with Gasteiger partial charge in [0.15, 0.2) is 0 Å². The minimum atomic E-state index is 0.212. The summed E-state index contributed by atoms with van der Waals surface area (Å²) in [4.78, 5) is 0. The van der Waals surface area contributed by atoms with Gasteiger partial charge in [0.2, 0.25) is 0 Å². The Morgan fingerprint density at radius 3 is 2.42 bits per heavy atom. The Kier molecular flexibility index (Phi) is 2.36. The van der Waals surface area contributed by atoms with Crippen LogP contribution < -0.4 is 8.92 Å². The number of hydrogen-bond donors (Lipinski definition) is 0. The number of rotatable bonds is 2. The van der Waals surface area contributed by atoms with Crippen molar-refractivity contribution in [2.24, 2.45) is 0 Å². The predicted octanol–water partition coefficient (Wildman–Crippen LogP) is 0.793. The number of benzene rings is 1. The van der Waals surface area contributed by atoms with Crippen LogP contribution in [-0.4, -0.2) is 15.0 Å². The molecule has 2 aromatic carbocycles. The van der Waals surface area contributed by atoms with Gasteiger partial charge in [0, 0.05) is 0 Å². The molecule has 0 saturated carbocycles. The van der Waals surface area contributed by atoms with Gasteiger partial charge in [-0.25, -0.2) is 0 Å². The summed E-state index contributed by atoms with van der Waals surface area (Å²) in [6.07, 6.45) is 0. The summed E-state index contributed by atoms with van der Waals surface area (Å²) in [5, 5.41) is 0. The fourth-order valence-corrected chi connectivity index (χ4v) is 3.06. The van der Waals surface area contributed by atoms with E-state index < -0.39 is 0 Å². The van der Waals surface area contributed by atoms with Gasteiger partial charge in [-0.15, -0.1) is 0 Å². The van der Waals surface area contributed by atoms with Crippen molar-refractivity contribution in [2.75, 3.05) is 0 Å². The van der Waals surface area contributed by atoms with E-state index >= 15 is 0 Å². The Balaban J connectivity index is 2.15. The molecule has 1 heteroatoms. The standard InChI is InChI=1S/C11H10Se/c1-2-6-10(7-3-1)12-11-8-4-5-9-11/h1-9,12H/q-1. The molecular formula is C11H10Se-. The molecular weight excluding hydrogens is 211 g/mol. The van der Waals surface area contributed by atoms with Crippen molar-refractivity contribution in [1.82, 2.24) is 0 Å². The first-order valence-electron chi connectivity index (χ1n) is 3.94. The summed E-state index contributed by atoms with van der Waals surface area (Å²) in [5.74, 6) is 0. The molecule has 0 N–H and O–H groups in total. The van der Waals surface area contributed by atoms with Gasteiger partial charge in [0.25, 0.3) is 0 Å². The quantitative estimate of drug-likeness (QED) is 0.519. The molecule has 61 valence electrons. The molecule has 0 aromatic heterocycles. The molecule has 0 saturated heterocycles. The van der Waals surface area contributed by atoms with Crippen molar-refractivity contribution in [2.45, 2.75) is 0 Å². The first kappa shape index (κ1) is 7.72. The second kappa shape index (κ2) is 3.66. The zero-order valence-corrected chi connectivity index (χ0v) is 8.52. The Morgan fingerprint density at radius 2 is 1.75 bits per heavy atom. The summed E-state index contributed by atoms with van der Waals surface area (Å²) in [6, 6.07) is 19.3. The summed E-state index contributed by atoms with van der Waals surface area (Å²) in [7, 11) is 0. The summed E-state index contributed by atoms with van der Waals surface area (Å²) in [6.45, 7) is 0. The average Bonchev–Trinajstić information content (AvgIpc) is 2.59. The molecule has 0 unspecified atom stereocenters. The molecule has 0 atom stereocenters. The molecule has 0 heterocycles. The third-order valence-corrected chi connectivity index (χ3v) is 3.99. The first-order chi connectivity index (χ1) is 5.95. The van der Waals surface area contributed by atoms with Gasteiger partial charge in [0.05, 0.1) is 0 Å². The third kappa shape index (κ3) is 1.82. The maximum atomic E-state index is 2.20. The van der Waals surface area contributed by atoms with E-state index in [0.717, 1.165) is 0 Å². The first-order valence-corrected chi connectivity index (χ1v) is 5.81. The van der Waals surface area contributed by atoms with Crippen molar-refractivity contribution in [3.05, 3.63) is 54.6 Å². The average molecular weight is 221 g/mol. The van der Waals surface area contributed by atoms with Gasteiger partial charge in [-0.2, -0.15) is 0 Å². The Hall–Kier alpha value is -0.911. The zero-order chi connectivity index (χ0) is 8.23. The Labute approximate surface area is 78.8 Å². The fraction of sp³-hybridized carbons (Fsp3) is 0. The molecule has 0 aliphatic heterocycles. The minimum absolute atomic E-state index is 0.212. The van der Waals surface area contributed by atoms with E-state index in [2.05, 4.69) is 54.6 Å². The van der Waals surface area contributed by atoms with E-state index in [1.807, 2.05) is 0 Å². The van der Waals surface area contributed by atoms with Crippen molar-refractivity contribution in [3.63, 3.8) is 0 Å². The molecule has 0 bridgehead atoms. The molecule has 12 heavy (non-hydrogen) atoms. The van der Waals surface area contributed by atoms with Crippen LogP contribution in [0.1, 0.15) is 0 Å². The van der Waals surface area contributed by atoms with E-state index in [1.54, 1.807) is 0 Å². The molecule has 1 radical (unpaired) electrons. The van der Waals surface area contributed by atoms with Crippen molar-refractivity contribution in [3.8, 4) is 0 Å². The van der Waals surface area contributed by atoms with Crippen LogP contribution in [0.25, 0.3) is 0 Å². The monoisotopic (exact) mass is 222 g/mol. The summed E-state index contributed by atoms with van der Waals surface area (Å²) in [5.41, 5.74) is 0. The van der Waals surface area contributed by atoms with Gasteiger partial charge >= 0.3 is 78.5 Å². The van der Waals surface area contributed by atoms with Crippen LogP contribution in [0.4, 0.5) is 0 Å². The normalized spacial score (nSPS) is 10.0. The van der Waals surface area contributed by atoms with Crippen LogP contribution >= 0.6 is 0 Å². The maximum absolute atomic E-state index is 2.20. The fourth-order valence-electron chi connectivity index (χ4n) is 1.09. The molecule has 0 amide bonds. The van der Waals surface area contributed by atoms with Gasteiger partial charge in [-0.1, -0.05) is 0 Å². The Bertz CT molecular complexity index is 321.